The molecular weight excluding hydrogens is 304 g/mol. The summed E-state index contributed by atoms with van der Waals surface area (Å²) >= 11 is 3.45. The standard InChI is InChI=1S/C15H17BrN2O/c1-11-3-5-13(16)7-15(11)19-10-14-6-4-12(8-17-2)9-18-14/h3-7,9,17H,8,10H2,1-2H3. The lowest BCUT2D eigenvalue weighted by Gasteiger charge is -2.09. The van der Waals surface area contributed by atoms with Crippen LogP contribution in [-0.2, 0) is 13.2 Å². The lowest BCUT2D eigenvalue weighted by molar-refractivity contribution is 0.299. The predicted octanol–water partition coefficient (Wildman–Crippen LogP) is 3.45. The zero-order chi connectivity index (χ0) is 13.7. The Morgan fingerprint density at radius 3 is 2.79 bits per heavy atom. The molecule has 4 heteroatoms. The molecular formula is C15H17BrN2O. The molecule has 0 aliphatic rings. The van der Waals surface area contributed by atoms with Crippen LogP contribution >= 0.6 is 15.9 Å². The van der Waals surface area contributed by atoms with Crippen molar-refractivity contribution in [2.24, 2.45) is 0 Å². The van der Waals surface area contributed by atoms with E-state index in [1.807, 2.05) is 44.4 Å². The molecule has 100 valence electrons. The molecule has 0 aliphatic carbocycles. The molecule has 1 aromatic carbocycles. The van der Waals surface area contributed by atoms with Crippen LogP contribution in [0.5, 0.6) is 5.75 Å². The molecule has 1 N–H and O–H groups in total. The van der Waals surface area contributed by atoms with E-state index in [0.29, 0.717) is 6.61 Å². The summed E-state index contributed by atoms with van der Waals surface area (Å²) in [5.41, 5.74) is 3.22. The van der Waals surface area contributed by atoms with Gasteiger partial charge in [0.15, 0.2) is 0 Å². The fourth-order valence-corrected chi connectivity index (χ4v) is 2.07. The van der Waals surface area contributed by atoms with Gasteiger partial charge in [0, 0.05) is 17.2 Å². The van der Waals surface area contributed by atoms with Crippen LogP contribution < -0.4 is 10.1 Å². The van der Waals surface area contributed by atoms with E-state index in [1.54, 1.807) is 0 Å². The number of benzene rings is 1. The van der Waals surface area contributed by atoms with E-state index in [-0.39, 0.29) is 0 Å². The van der Waals surface area contributed by atoms with Gasteiger partial charge in [-0.05, 0) is 43.3 Å². The minimum Gasteiger partial charge on any atom is -0.487 e. The lowest BCUT2D eigenvalue weighted by Crippen LogP contribution is -2.06. The molecule has 2 rings (SSSR count). The van der Waals surface area contributed by atoms with Gasteiger partial charge in [0.2, 0.25) is 0 Å². The monoisotopic (exact) mass is 320 g/mol. The number of pyridine rings is 1. The lowest BCUT2D eigenvalue weighted by atomic mass is 10.2. The Balaban J connectivity index is 2.00. The Labute approximate surface area is 122 Å². The number of hydrogen-bond acceptors (Lipinski definition) is 3. The van der Waals surface area contributed by atoms with Crippen molar-refractivity contribution in [2.75, 3.05) is 7.05 Å². The third-order valence-electron chi connectivity index (χ3n) is 2.79. The van der Waals surface area contributed by atoms with E-state index in [2.05, 4.69) is 32.3 Å². The van der Waals surface area contributed by atoms with Gasteiger partial charge in [0.05, 0.1) is 5.69 Å². The Morgan fingerprint density at radius 2 is 2.11 bits per heavy atom. The third kappa shape index (κ3) is 4.04. The number of ether oxygens (including phenoxy) is 1. The molecule has 0 unspecified atom stereocenters. The molecule has 2 aromatic rings. The van der Waals surface area contributed by atoms with Crippen LogP contribution in [0, 0.1) is 6.92 Å². The third-order valence-corrected chi connectivity index (χ3v) is 3.29. The van der Waals surface area contributed by atoms with Crippen molar-refractivity contribution in [3.63, 3.8) is 0 Å². The van der Waals surface area contributed by atoms with Crippen LogP contribution in [0.1, 0.15) is 16.8 Å². The van der Waals surface area contributed by atoms with E-state index in [9.17, 15) is 0 Å². The second kappa shape index (κ2) is 6.68. The van der Waals surface area contributed by atoms with Crippen LogP contribution in [0.3, 0.4) is 0 Å². The maximum Gasteiger partial charge on any atom is 0.130 e. The SMILES string of the molecule is CNCc1ccc(COc2cc(Br)ccc2C)nc1. The summed E-state index contributed by atoms with van der Waals surface area (Å²) in [6.07, 6.45) is 1.88. The van der Waals surface area contributed by atoms with Crippen molar-refractivity contribution in [1.82, 2.24) is 10.3 Å². The molecule has 0 atom stereocenters. The molecule has 0 spiro atoms. The first-order valence-electron chi connectivity index (χ1n) is 6.16. The van der Waals surface area contributed by atoms with Gasteiger partial charge in [-0.1, -0.05) is 28.1 Å². The number of aryl methyl sites for hydroxylation is 1. The minimum atomic E-state index is 0.483. The molecule has 0 amide bonds. The van der Waals surface area contributed by atoms with Crippen LogP contribution in [0.2, 0.25) is 0 Å². The van der Waals surface area contributed by atoms with Gasteiger partial charge < -0.3 is 10.1 Å². The van der Waals surface area contributed by atoms with Crippen LogP contribution in [0.4, 0.5) is 0 Å². The Morgan fingerprint density at radius 1 is 1.26 bits per heavy atom. The first-order valence-corrected chi connectivity index (χ1v) is 6.95. The summed E-state index contributed by atoms with van der Waals surface area (Å²) < 4.78 is 6.81. The van der Waals surface area contributed by atoms with Gasteiger partial charge in [-0.3, -0.25) is 4.98 Å². The van der Waals surface area contributed by atoms with Gasteiger partial charge >= 0.3 is 0 Å². The van der Waals surface area contributed by atoms with Crippen molar-refractivity contribution in [1.29, 1.82) is 0 Å². The highest BCUT2D eigenvalue weighted by Crippen LogP contribution is 2.23. The zero-order valence-electron chi connectivity index (χ0n) is 11.1. The summed E-state index contributed by atoms with van der Waals surface area (Å²) in [5.74, 6) is 0.885. The fourth-order valence-electron chi connectivity index (χ4n) is 1.73. The largest absolute Gasteiger partial charge is 0.487 e. The summed E-state index contributed by atoms with van der Waals surface area (Å²) in [5, 5.41) is 3.10. The molecule has 0 bridgehead atoms. The highest BCUT2D eigenvalue weighted by molar-refractivity contribution is 9.10. The summed E-state index contributed by atoms with van der Waals surface area (Å²) in [4.78, 5) is 4.39. The topological polar surface area (TPSA) is 34.1 Å². The van der Waals surface area contributed by atoms with Gasteiger partial charge in [0.25, 0.3) is 0 Å². The molecule has 1 aromatic heterocycles. The Bertz CT molecular complexity index is 540. The molecule has 0 radical (unpaired) electrons. The Kier molecular flexibility index (Phi) is 4.93. The van der Waals surface area contributed by atoms with Crippen molar-refractivity contribution >= 4 is 15.9 Å². The summed E-state index contributed by atoms with van der Waals surface area (Å²) in [7, 11) is 1.92. The van der Waals surface area contributed by atoms with Crippen molar-refractivity contribution in [3.05, 3.63) is 57.8 Å². The molecule has 0 aliphatic heterocycles. The maximum atomic E-state index is 5.80. The van der Waals surface area contributed by atoms with E-state index in [4.69, 9.17) is 4.74 Å². The molecule has 0 saturated heterocycles. The first-order chi connectivity index (χ1) is 9.19. The number of nitrogens with one attached hydrogen (secondary N) is 1. The highest BCUT2D eigenvalue weighted by Gasteiger charge is 2.02. The number of halogens is 1. The second-order valence-electron chi connectivity index (χ2n) is 4.39. The summed E-state index contributed by atoms with van der Waals surface area (Å²) in [6.45, 7) is 3.35. The fraction of sp³-hybridized carbons (Fsp3) is 0.267. The van der Waals surface area contributed by atoms with Crippen LogP contribution in [0.15, 0.2) is 41.0 Å². The highest BCUT2D eigenvalue weighted by atomic mass is 79.9. The van der Waals surface area contributed by atoms with Crippen molar-refractivity contribution < 1.29 is 4.74 Å². The molecule has 19 heavy (non-hydrogen) atoms. The van der Waals surface area contributed by atoms with Gasteiger partial charge in [-0.15, -0.1) is 0 Å². The number of aromatic nitrogens is 1. The molecule has 1 heterocycles. The maximum absolute atomic E-state index is 5.80. The number of nitrogens with zero attached hydrogens (tertiary/aromatic N) is 1. The van der Waals surface area contributed by atoms with E-state index in [1.165, 1.54) is 5.56 Å². The smallest absolute Gasteiger partial charge is 0.130 e. The average molecular weight is 321 g/mol. The summed E-state index contributed by atoms with van der Waals surface area (Å²) in [6, 6.07) is 10.1. The number of hydrogen-bond donors (Lipinski definition) is 1. The average Bonchev–Trinajstić information content (AvgIpc) is 2.42. The normalized spacial score (nSPS) is 10.5. The van der Waals surface area contributed by atoms with Crippen molar-refractivity contribution in [3.8, 4) is 5.75 Å². The van der Waals surface area contributed by atoms with E-state index < -0.39 is 0 Å². The number of rotatable bonds is 5. The van der Waals surface area contributed by atoms with Gasteiger partial charge in [0.1, 0.15) is 12.4 Å². The van der Waals surface area contributed by atoms with E-state index in [0.717, 1.165) is 28.0 Å². The van der Waals surface area contributed by atoms with Crippen molar-refractivity contribution in [2.45, 2.75) is 20.1 Å². The van der Waals surface area contributed by atoms with Gasteiger partial charge in [-0.25, -0.2) is 0 Å². The van der Waals surface area contributed by atoms with Crippen LogP contribution in [-0.4, -0.2) is 12.0 Å². The zero-order valence-corrected chi connectivity index (χ0v) is 12.7. The van der Waals surface area contributed by atoms with E-state index >= 15 is 0 Å². The quantitative estimate of drug-likeness (QED) is 0.916. The Hall–Kier alpha value is -1.39. The first kappa shape index (κ1) is 14.0. The van der Waals surface area contributed by atoms with Crippen LogP contribution in [0.25, 0.3) is 0 Å². The second-order valence-corrected chi connectivity index (χ2v) is 5.30. The van der Waals surface area contributed by atoms with Gasteiger partial charge in [-0.2, -0.15) is 0 Å². The molecule has 0 fully saturated rings. The molecule has 0 saturated carbocycles. The predicted molar refractivity (Wildman–Crippen MR) is 80.2 cm³/mol. The minimum absolute atomic E-state index is 0.483. The molecule has 3 nitrogen and oxygen atoms in total.